The molecule has 0 bridgehead atoms. The topological polar surface area (TPSA) is 117 Å². The SMILES string of the molecule is C=NC[C@]1(CO[Si](C)(C)C(C)(C)C)OC[C@](O)(c2ccc3c(/N=C\N(C)C)ncnn23)[C@@H]1O. The highest BCUT2D eigenvalue weighted by Gasteiger charge is 2.60. The molecule has 33 heavy (non-hydrogen) atoms. The number of aliphatic imine (C=N–C) groups is 2. The Morgan fingerprint density at radius 1 is 1.39 bits per heavy atom. The number of nitrogens with zero attached hydrogens (tertiary/aromatic N) is 6. The molecule has 11 heteroatoms. The van der Waals surface area contributed by atoms with Crippen LogP contribution >= 0.6 is 0 Å². The van der Waals surface area contributed by atoms with Crippen molar-refractivity contribution in [3.05, 3.63) is 24.2 Å². The van der Waals surface area contributed by atoms with Crippen LogP contribution < -0.4 is 0 Å². The Bertz CT molecular complexity index is 1030. The van der Waals surface area contributed by atoms with Crippen molar-refractivity contribution < 1.29 is 19.4 Å². The molecule has 1 aliphatic heterocycles. The lowest BCUT2D eigenvalue weighted by molar-refractivity contribution is -0.102. The molecule has 0 aromatic carbocycles. The van der Waals surface area contributed by atoms with E-state index in [1.54, 1.807) is 23.4 Å². The molecule has 3 atom stereocenters. The van der Waals surface area contributed by atoms with E-state index in [2.05, 4.69) is 60.7 Å². The third kappa shape index (κ3) is 4.60. The first-order valence-corrected chi connectivity index (χ1v) is 13.8. The van der Waals surface area contributed by atoms with Crippen LogP contribution in [-0.2, 0) is 14.8 Å². The molecule has 2 aromatic rings. The zero-order valence-corrected chi connectivity index (χ0v) is 21.6. The molecule has 0 aliphatic carbocycles. The van der Waals surface area contributed by atoms with Gasteiger partial charge < -0.3 is 24.3 Å². The largest absolute Gasteiger partial charge is 0.414 e. The van der Waals surface area contributed by atoms with Crippen molar-refractivity contribution >= 4 is 32.7 Å². The van der Waals surface area contributed by atoms with Gasteiger partial charge in [0.2, 0.25) is 0 Å². The summed E-state index contributed by atoms with van der Waals surface area (Å²) in [4.78, 5) is 14.4. The minimum atomic E-state index is -2.14. The van der Waals surface area contributed by atoms with Crippen LogP contribution in [0.5, 0.6) is 0 Å². The second-order valence-electron chi connectivity index (χ2n) is 10.4. The Hall–Kier alpha value is -2.18. The summed E-state index contributed by atoms with van der Waals surface area (Å²) >= 11 is 0. The van der Waals surface area contributed by atoms with Gasteiger partial charge >= 0.3 is 0 Å². The van der Waals surface area contributed by atoms with E-state index in [4.69, 9.17) is 9.16 Å². The van der Waals surface area contributed by atoms with Crippen LogP contribution in [0.4, 0.5) is 5.82 Å². The molecule has 2 N–H and O–H groups in total. The molecule has 182 valence electrons. The van der Waals surface area contributed by atoms with Gasteiger partial charge in [0.05, 0.1) is 31.8 Å². The summed E-state index contributed by atoms with van der Waals surface area (Å²) in [5, 5.41) is 27.4. The molecular weight excluding hydrogens is 440 g/mol. The highest BCUT2D eigenvalue weighted by Crippen LogP contribution is 2.44. The Morgan fingerprint density at radius 3 is 2.70 bits per heavy atom. The van der Waals surface area contributed by atoms with E-state index in [-0.39, 0.29) is 24.8 Å². The lowest BCUT2D eigenvalue weighted by Crippen LogP contribution is -2.56. The molecule has 1 fully saturated rings. The van der Waals surface area contributed by atoms with E-state index < -0.39 is 25.6 Å². The summed E-state index contributed by atoms with van der Waals surface area (Å²) in [6, 6.07) is 3.47. The Labute approximate surface area is 196 Å². The maximum absolute atomic E-state index is 11.7. The average Bonchev–Trinajstić information content (AvgIpc) is 3.27. The Kier molecular flexibility index (Phi) is 6.84. The number of rotatable bonds is 8. The fourth-order valence-electron chi connectivity index (χ4n) is 3.59. The van der Waals surface area contributed by atoms with Crippen molar-refractivity contribution in [3.8, 4) is 0 Å². The Morgan fingerprint density at radius 2 is 2.09 bits per heavy atom. The molecule has 0 spiro atoms. The fraction of sp³-hybridized carbons (Fsp3) is 0.636. The lowest BCUT2D eigenvalue weighted by atomic mass is 9.85. The Balaban J connectivity index is 1.97. The first kappa shape index (κ1) is 25.4. The number of ether oxygens (including phenoxy) is 1. The first-order valence-electron chi connectivity index (χ1n) is 10.9. The van der Waals surface area contributed by atoms with Gasteiger partial charge in [-0.3, -0.25) is 4.99 Å². The third-order valence-corrected chi connectivity index (χ3v) is 11.2. The van der Waals surface area contributed by atoms with Crippen molar-refractivity contribution in [1.82, 2.24) is 19.5 Å². The fourth-order valence-corrected chi connectivity index (χ4v) is 4.62. The number of hydrogen-bond acceptors (Lipinski definition) is 8. The maximum atomic E-state index is 11.7. The first-order chi connectivity index (χ1) is 15.3. The van der Waals surface area contributed by atoms with Gasteiger partial charge in [-0.05, 0) is 37.0 Å². The van der Waals surface area contributed by atoms with E-state index in [0.29, 0.717) is 17.0 Å². The van der Waals surface area contributed by atoms with Crippen LogP contribution in [0, 0.1) is 0 Å². The van der Waals surface area contributed by atoms with Crippen molar-refractivity contribution in [2.75, 3.05) is 33.9 Å². The second-order valence-corrected chi connectivity index (χ2v) is 15.2. The van der Waals surface area contributed by atoms with Gasteiger partial charge in [-0.25, -0.2) is 14.5 Å². The highest BCUT2D eigenvalue weighted by atomic mass is 28.4. The molecule has 10 nitrogen and oxygen atoms in total. The summed E-state index contributed by atoms with van der Waals surface area (Å²) in [5.41, 5.74) is -1.98. The van der Waals surface area contributed by atoms with Crippen molar-refractivity contribution in [3.63, 3.8) is 0 Å². The third-order valence-electron chi connectivity index (χ3n) is 6.68. The number of fused-ring (bicyclic) bond motifs is 1. The highest BCUT2D eigenvalue weighted by molar-refractivity contribution is 6.74. The van der Waals surface area contributed by atoms with E-state index >= 15 is 0 Å². The predicted molar refractivity (Wildman–Crippen MR) is 131 cm³/mol. The monoisotopic (exact) mass is 476 g/mol. The van der Waals surface area contributed by atoms with Gasteiger partial charge in [0.1, 0.15) is 23.5 Å². The standard InChI is InChI=1S/C22H36N6O4Si/c1-20(2,3)33(7,8)32-12-21(11-23-4)19(29)22(30,13-31-21)17-10-9-16-18(25-15-27(5)6)24-14-26-28(16)17/h9-10,14-15,19,29-30H,4,11-13H2,1-3,5-8H3/b25-15-/t19-,21-,22+/m1/s1. The molecule has 0 unspecified atom stereocenters. The number of hydrogen-bond donors (Lipinski definition) is 2. The molecule has 1 saturated heterocycles. The molecule has 0 radical (unpaired) electrons. The zero-order chi connectivity index (χ0) is 24.7. The predicted octanol–water partition coefficient (Wildman–Crippen LogP) is 1.99. The van der Waals surface area contributed by atoms with Gasteiger partial charge in [0, 0.05) is 14.1 Å². The van der Waals surface area contributed by atoms with Crippen LogP contribution in [0.2, 0.25) is 18.1 Å². The van der Waals surface area contributed by atoms with E-state index in [9.17, 15) is 10.2 Å². The number of aliphatic hydroxyl groups excluding tert-OH is 1. The summed E-state index contributed by atoms with van der Waals surface area (Å²) in [6.07, 6.45) is 1.68. The molecule has 0 saturated carbocycles. The smallest absolute Gasteiger partial charge is 0.192 e. The van der Waals surface area contributed by atoms with Crippen LogP contribution in [0.3, 0.4) is 0 Å². The van der Waals surface area contributed by atoms with Gasteiger partial charge in [0.15, 0.2) is 19.7 Å². The number of aromatic nitrogens is 3. The summed E-state index contributed by atoms with van der Waals surface area (Å²) < 4.78 is 14.0. The molecule has 1 aliphatic rings. The van der Waals surface area contributed by atoms with Crippen molar-refractivity contribution in [2.45, 2.75) is 56.2 Å². The van der Waals surface area contributed by atoms with Crippen molar-refractivity contribution in [2.24, 2.45) is 9.98 Å². The minimum Gasteiger partial charge on any atom is -0.414 e. The molecule has 2 aromatic heterocycles. The molecular formula is C22H36N6O4Si. The van der Waals surface area contributed by atoms with Crippen LogP contribution in [0.15, 0.2) is 28.4 Å². The lowest BCUT2D eigenvalue weighted by Gasteiger charge is -2.40. The number of aliphatic hydroxyl groups is 2. The van der Waals surface area contributed by atoms with E-state index in [1.807, 2.05) is 14.1 Å². The van der Waals surface area contributed by atoms with Crippen molar-refractivity contribution in [1.29, 1.82) is 0 Å². The molecule has 0 amide bonds. The average molecular weight is 477 g/mol. The quantitative estimate of drug-likeness (QED) is 0.340. The van der Waals surface area contributed by atoms with Gasteiger partial charge in [0.25, 0.3) is 0 Å². The summed E-state index contributed by atoms with van der Waals surface area (Å²) in [7, 11) is 1.58. The molecule has 3 rings (SSSR count). The van der Waals surface area contributed by atoms with Crippen LogP contribution in [0.25, 0.3) is 5.52 Å². The summed E-state index contributed by atoms with van der Waals surface area (Å²) in [5.74, 6) is 0.447. The minimum absolute atomic E-state index is 0.0201. The zero-order valence-electron chi connectivity index (χ0n) is 20.6. The van der Waals surface area contributed by atoms with Gasteiger partial charge in [-0.2, -0.15) is 5.10 Å². The van der Waals surface area contributed by atoms with Gasteiger partial charge in [-0.15, -0.1) is 0 Å². The van der Waals surface area contributed by atoms with Crippen LogP contribution in [0.1, 0.15) is 26.5 Å². The van der Waals surface area contributed by atoms with Crippen LogP contribution in [-0.4, -0.2) is 96.6 Å². The second kappa shape index (κ2) is 8.88. The molecule has 3 heterocycles. The maximum Gasteiger partial charge on any atom is 0.192 e. The van der Waals surface area contributed by atoms with E-state index in [1.165, 1.54) is 10.8 Å². The summed E-state index contributed by atoms with van der Waals surface area (Å²) in [6.45, 7) is 14.3. The van der Waals surface area contributed by atoms with Gasteiger partial charge in [-0.1, -0.05) is 20.8 Å². The van der Waals surface area contributed by atoms with E-state index in [0.717, 1.165) is 0 Å². The normalized spacial score (nSPS) is 26.4.